The monoisotopic (exact) mass is 461 g/mol. The second-order valence-corrected chi connectivity index (χ2v) is 8.18. The van der Waals surface area contributed by atoms with E-state index >= 15 is 0 Å². The van der Waals surface area contributed by atoms with Crippen LogP contribution in [0.2, 0.25) is 0 Å². The van der Waals surface area contributed by atoms with E-state index in [2.05, 4.69) is 25.2 Å². The fraction of sp³-hybridized carbons (Fsp3) is 0.455. The van der Waals surface area contributed by atoms with Crippen molar-refractivity contribution in [2.45, 2.75) is 45.1 Å². The number of hydrogen-bond acceptors (Lipinski definition) is 8. The first-order valence-corrected chi connectivity index (χ1v) is 10.7. The van der Waals surface area contributed by atoms with Gasteiger partial charge in [0.25, 0.3) is 0 Å². The van der Waals surface area contributed by atoms with Crippen LogP contribution < -0.4 is 4.74 Å². The zero-order valence-corrected chi connectivity index (χ0v) is 17.9. The van der Waals surface area contributed by atoms with Gasteiger partial charge in [-0.25, -0.2) is 0 Å². The van der Waals surface area contributed by atoms with E-state index in [1.54, 1.807) is 6.92 Å². The van der Waals surface area contributed by atoms with Crippen LogP contribution in [0.15, 0.2) is 28.9 Å². The first kappa shape index (κ1) is 21.8. The van der Waals surface area contributed by atoms with E-state index in [0.29, 0.717) is 34.5 Å². The van der Waals surface area contributed by atoms with Gasteiger partial charge in [-0.3, -0.25) is 9.88 Å². The molecule has 3 aromatic rings. The van der Waals surface area contributed by atoms with Crippen molar-refractivity contribution in [1.82, 2.24) is 25.2 Å². The van der Waals surface area contributed by atoms with E-state index in [1.165, 1.54) is 6.07 Å². The largest absolute Gasteiger partial charge is 0.471 e. The molecule has 2 aliphatic rings. The minimum Gasteiger partial charge on any atom is -0.471 e. The van der Waals surface area contributed by atoms with Crippen LogP contribution in [0.4, 0.5) is 13.2 Å². The van der Waals surface area contributed by atoms with Gasteiger partial charge < -0.3 is 14.0 Å². The maximum atomic E-state index is 12.8. The molecular formula is C22H22F3N5O3. The van der Waals surface area contributed by atoms with Crippen molar-refractivity contribution in [2.24, 2.45) is 0 Å². The van der Waals surface area contributed by atoms with Gasteiger partial charge in [0.1, 0.15) is 23.8 Å². The third kappa shape index (κ3) is 4.55. The molecular weight excluding hydrogens is 439 g/mol. The lowest BCUT2D eigenvalue weighted by atomic mass is 10.0. The number of aryl methyl sites for hydroxylation is 1. The number of alkyl halides is 3. The van der Waals surface area contributed by atoms with Crippen LogP contribution in [-0.4, -0.2) is 51.0 Å². The van der Waals surface area contributed by atoms with Crippen molar-refractivity contribution in [1.29, 1.82) is 0 Å². The van der Waals surface area contributed by atoms with E-state index < -0.39 is 11.9 Å². The molecule has 0 aromatic carbocycles. The number of pyridine rings is 1. The minimum absolute atomic E-state index is 0.0880. The standard InChI is InChI=1S/C22H22F3N5O3/c1-13-17(21(29-33-13)15-2-3-19(26-9-15)22(23,24)25)12-32-20-8-14-4-6-30(10-18(14)27-28-20)16-5-7-31-11-16/h2-3,8-9,16H,4-7,10-12H2,1H3. The van der Waals surface area contributed by atoms with Crippen molar-refractivity contribution in [2.75, 3.05) is 19.8 Å². The molecule has 5 rings (SSSR count). The summed E-state index contributed by atoms with van der Waals surface area (Å²) < 4.78 is 55.0. The highest BCUT2D eigenvalue weighted by Gasteiger charge is 2.32. The Morgan fingerprint density at radius 1 is 1.24 bits per heavy atom. The molecule has 0 bridgehead atoms. The topological polar surface area (TPSA) is 86.4 Å². The fourth-order valence-electron chi connectivity index (χ4n) is 4.15. The van der Waals surface area contributed by atoms with Gasteiger partial charge in [-0.1, -0.05) is 5.16 Å². The molecule has 0 saturated carbocycles. The van der Waals surface area contributed by atoms with E-state index in [0.717, 1.165) is 62.7 Å². The summed E-state index contributed by atoms with van der Waals surface area (Å²) in [6.45, 7) is 5.05. The molecule has 0 radical (unpaired) electrons. The zero-order valence-electron chi connectivity index (χ0n) is 17.9. The Morgan fingerprint density at radius 2 is 2.12 bits per heavy atom. The summed E-state index contributed by atoms with van der Waals surface area (Å²) in [5.74, 6) is 0.883. The Bertz CT molecular complexity index is 1130. The quantitative estimate of drug-likeness (QED) is 0.570. The molecule has 1 saturated heterocycles. The lowest BCUT2D eigenvalue weighted by Gasteiger charge is -2.31. The Labute approximate surface area is 187 Å². The van der Waals surface area contributed by atoms with Gasteiger partial charge in [0.05, 0.1) is 17.9 Å². The van der Waals surface area contributed by atoms with Gasteiger partial charge in [-0.05, 0) is 37.5 Å². The number of halogens is 3. The average molecular weight is 461 g/mol. The number of hydrogen-bond donors (Lipinski definition) is 0. The second kappa shape index (κ2) is 8.71. The second-order valence-electron chi connectivity index (χ2n) is 8.18. The van der Waals surface area contributed by atoms with Gasteiger partial charge in [-0.2, -0.15) is 18.3 Å². The lowest BCUT2D eigenvalue weighted by Crippen LogP contribution is -2.40. The molecule has 0 amide bonds. The average Bonchev–Trinajstić information content (AvgIpc) is 3.47. The molecule has 3 aromatic heterocycles. The predicted molar refractivity (Wildman–Crippen MR) is 109 cm³/mol. The summed E-state index contributed by atoms with van der Waals surface area (Å²) in [5, 5.41) is 12.5. The zero-order chi connectivity index (χ0) is 23.0. The molecule has 1 unspecified atom stereocenters. The Balaban J connectivity index is 1.28. The van der Waals surface area contributed by atoms with Crippen molar-refractivity contribution in [3.63, 3.8) is 0 Å². The highest BCUT2D eigenvalue weighted by atomic mass is 19.4. The number of aromatic nitrogens is 4. The molecule has 33 heavy (non-hydrogen) atoms. The van der Waals surface area contributed by atoms with Gasteiger partial charge in [0.2, 0.25) is 5.88 Å². The Morgan fingerprint density at radius 3 is 2.85 bits per heavy atom. The number of fused-ring (bicyclic) bond motifs is 1. The fourth-order valence-corrected chi connectivity index (χ4v) is 4.15. The van der Waals surface area contributed by atoms with Gasteiger partial charge >= 0.3 is 6.18 Å². The summed E-state index contributed by atoms with van der Waals surface area (Å²) >= 11 is 0. The maximum Gasteiger partial charge on any atom is 0.433 e. The van der Waals surface area contributed by atoms with Crippen molar-refractivity contribution in [3.8, 4) is 17.1 Å². The van der Waals surface area contributed by atoms with Crippen LogP contribution in [-0.2, 0) is 30.5 Å². The minimum atomic E-state index is -4.50. The smallest absolute Gasteiger partial charge is 0.433 e. The summed E-state index contributed by atoms with van der Waals surface area (Å²) in [6.07, 6.45) is -1.48. The first-order valence-electron chi connectivity index (χ1n) is 10.7. The molecule has 8 nitrogen and oxygen atoms in total. The van der Waals surface area contributed by atoms with Crippen molar-refractivity contribution >= 4 is 0 Å². The molecule has 11 heteroatoms. The summed E-state index contributed by atoms with van der Waals surface area (Å²) in [7, 11) is 0. The molecule has 1 fully saturated rings. The molecule has 0 spiro atoms. The summed E-state index contributed by atoms with van der Waals surface area (Å²) in [6, 6.07) is 4.56. The van der Waals surface area contributed by atoms with Gasteiger partial charge in [-0.15, -0.1) is 5.10 Å². The molecule has 5 heterocycles. The van der Waals surface area contributed by atoms with E-state index in [1.807, 2.05) is 6.07 Å². The van der Waals surface area contributed by atoms with E-state index in [4.69, 9.17) is 14.0 Å². The SMILES string of the molecule is Cc1onc(-c2ccc(C(F)(F)F)nc2)c1COc1cc2c(nn1)CN(C1CCOC1)CC2. The van der Waals surface area contributed by atoms with Crippen LogP contribution in [0.5, 0.6) is 5.88 Å². The first-order chi connectivity index (χ1) is 15.9. The van der Waals surface area contributed by atoms with E-state index in [9.17, 15) is 13.2 Å². The Kier molecular flexibility index (Phi) is 5.75. The molecule has 174 valence electrons. The van der Waals surface area contributed by atoms with Gasteiger partial charge in [0.15, 0.2) is 0 Å². The highest BCUT2D eigenvalue weighted by molar-refractivity contribution is 5.62. The summed E-state index contributed by atoms with van der Waals surface area (Å²) in [4.78, 5) is 5.88. The van der Waals surface area contributed by atoms with Crippen LogP contribution in [0, 0.1) is 6.92 Å². The third-order valence-electron chi connectivity index (χ3n) is 6.06. The lowest BCUT2D eigenvalue weighted by molar-refractivity contribution is -0.141. The normalized spacial score (nSPS) is 19.0. The highest BCUT2D eigenvalue weighted by Crippen LogP contribution is 2.31. The number of rotatable bonds is 5. The number of nitrogens with zero attached hydrogens (tertiary/aromatic N) is 5. The van der Waals surface area contributed by atoms with Crippen molar-refractivity contribution < 1.29 is 27.2 Å². The van der Waals surface area contributed by atoms with E-state index in [-0.39, 0.29) is 6.61 Å². The number of ether oxygens (including phenoxy) is 2. The van der Waals surface area contributed by atoms with Gasteiger partial charge in [0, 0.05) is 43.6 Å². The molecule has 0 N–H and O–H groups in total. The molecule has 1 atom stereocenters. The third-order valence-corrected chi connectivity index (χ3v) is 6.06. The maximum absolute atomic E-state index is 12.8. The molecule has 0 aliphatic carbocycles. The predicted octanol–water partition coefficient (Wildman–Crippen LogP) is 3.58. The summed E-state index contributed by atoms with van der Waals surface area (Å²) in [5.41, 5.74) is 2.48. The van der Waals surface area contributed by atoms with Crippen LogP contribution >= 0.6 is 0 Å². The van der Waals surface area contributed by atoms with Crippen LogP contribution in [0.3, 0.4) is 0 Å². The van der Waals surface area contributed by atoms with Crippen LogP contribution in [0.25, 0.3) is 11.3 Å². The van der Waals surface area contributed by atoms with Crippen LogP contribution in [0.1, 0.15) is 34.7 Å². The Hall–Kier alpha value is -3.05. The molecule has 2 aliphatic heterocycles. The van der Waals surface area contributed by atoms with Crippen molar-refractivity contribution in [3.05, 3.63) is 52.7 Å².